The molecule has 0 spiro atoms. The fourth-order valence-electron chi connectivity index (χ4n) is 9.34. The molecule has 27 heteroatoms. The summed E-state index contributed by atoms with van der Waals surface area (Å²) in [5.74, 6) is 0.383. The van der Waals surface area contributed by atoms with E-state index in [9.17, 15) is 27.6 Å². The van der Waals surface area contributed by atoms with Crippen molar-refractivity contribution in [3.8, 4) is 22.5 Å². The molecule has 10 rings (SSSR count). The lowest BCUT2D eigenvalue weighted by atomic mass is 9.96. The maximum atomic E-state index is 13.4. The molecule has 2 aliphatic rings. The van der Waals surface area contributed by atoms with Crippen LogP contribution in [0, 0.1) is 0 Å². The first-order valence-corrected chi connectivity index (χ1v) is 26.8. The topological polar surface area (TPSA) is 274 Å². The van der Waals surface area contributed by atoms with Crippen LogP contribution in [-0.2, 0) is 42.8 Å². The molecule has 8 aromatic rings. The Morgan fingerprint density at radius 2 is 1.12 bits per heavy atom. The van der Waals surface area contributed by atoms with Crippen LogP contribution >= 0.6 is 0 Å². The van der Waals surface area contributed by atoms with Crippen LogP contribution in [0.25, 0.3) is 22.5 Å². The Kier molecular flexibility index (Phi) is 17.1. The number of rotatable bonds is 13. The Bertz CT molecular complexity index is 3600. The molecule has 0 saturated carbocycles. The number of likely N-dealkylation sites (N-methyl/N-ethyl adjacent to an activating group) is 1. The average Bonchev–Trinajstić information content (AvgIpc) is 4.35. The van der Waals surface area contributed by atoms with E-state index in [1.807, 2.05) is 121 Å². The van der Waals surface area contributed by atoms with Gasteiger partial charge in [0.05, 0.1) is 60.3 Å². The molecule has 6 aromatic heterocycles. The van der Waals surface area contributed by atoms with Gasteiger partial charge in [0, 0.05) is 87.0 Å². The number of nitrogens with zero attached hydrogens (tertiary/aromatic N) is 15. The summed E-state index contributed by atoms with van der Waals surface area (Å²) in [5.41, 5.74) is 6.76. The minimum absolute atomic E-state index is 0.0151. The van der Waals surface area contributed by atoms with E-state index in [1.165, 1.54) is 4.90 Å². The van der Waals surface area contributed by atoms with Crippen molar-refractivity contribution in [1.82, 2.24) is 85.1 Å². The third-order valence-electron chi connectivity index (χ3n) is 13.4. The number of amides is 3. The predicted octanol–water partition coefficient (Wildman–Crippen LogP) is 7.61. The highest BCUT2D eigenvalue weighted by atomic mass is 19.4. The van der Waals surface area contributed by atoms with E-state index in [-0.39, 0.29) is 48.5 Å². The van der Waals surface area contributed by atoms with Gasteiger partial charge in [-0.15, -0.1) is 0 Å². The summed E-state index contributed by atoms with van der Waals surface area (Å²) in [7, 11) is 7.37. The lowest BCUT2D eigenvalue weighted by molar-refractivity contribution is -0.147. The van der Waals surface area contributed by atoms with E-state index in [1.54, 1.807) is 53.5 Å². The zero-order chi connectivity index (χ0) is 59.4. The van der Waals surface area contributed by atoms with Crippen LogP contribution in [0.2, 0.25) is 0 Å². The van der Waals surface area contributed by atoms with Gasteiger partial charge in [-0.2, -0.15) is 33.3 Å². The van der Waals surface area contributed by atoms with Crippen LogP contribution in [0.3, 0.4) is 0 Å². The standard InChI is InChI=1S/C29H36N10O3.C27H30F3N9O2/c1-29(2,3)27-35-25(36-42-27)26(41)33-23-10-12-39(24(40)17-37(4)5)15-19-13-18(7-8-21(19)23)22-9-11-30-28(34-22)32-20-14-31-38(6)16-20;1-26(2,3)24-36-22(37-41-24)23(40)34-21-8-10-39(15-27(28,29)30)13-17-11-16(5-6-19(17)21)20-7-9-31-25(35-20)33-18-12-32-38(4)14-18/h7-9,11,13-14,16,23H,10,12,15,17H2,1-6H3,(H,33,41)(H,30,32,34);5-7,9,11-12,14,21H,8,10,13,15H2,1-4H3,(H,34,40)(H,31,33,35)/t;21-/m.0/s1. The van der Waals surface area contributed by atoms with Crippen molar-refractivity contribution >= 4 is 41.0 Å². The first-order chi connectivity index (χ1) is 39.3. The Hall–Kier alpha value is -8.98. The highest BCUT2D eigenvalue weighted by Gasteiger charge is 2.35. The molecule has 436 valence electrons. The SMILES string of the molecule is CN(C)CC(=O)N1CCC(NC(=O)c2noc(C(C)(C)C)n2)c2ccc(-c3ccnc(Nc4cnn(C)c4)n3)cc2C1.Cn1cc(Nc2nccc(-c3ccc4c(c3)CN(CC(F)(F)F)CC[C@@H]4NC(=O)c3noc(C(C)(C)C)n3)n2)cn1. The summed E-state index contributed by atoms with van der Waals surface area (Å²) >= 11 is 0. The monoisotopic (exact) mass is 1140 g/mol. The maximum absolute atomic E-state index is 13.4. The molecular weight excluding hydrogens is 1080 g/mol. The van der Waals surface area contributed by atoms with Gasteiger partial charge in [0.2, 0.25) is 29.6 Å². The quantitative estimate of drug-likeness (QED) is 0.0864. The van der Waals surface area contributed by atoms with Gasteiger partial charge in [0.25, 0.3) is 23.5 Å². The average molecular weight is 1140 g/mol. The number of hydrogen-bond donors (Lipinski definition) is 4. The number of carbonyl (C=O) groups is 3. The van der Waals surface area contributed by atoms with Crippen LogP contribution in [-0.4, -0.2) is 139 Å². The molecule has 0 bridgehead atoms. The summed E-state index contributed by atoms with van der Waals surface area (Å²) in [6.07, 6.45) is 6.69. The summed E-state index contributed by atoms with van der Waals surface area (Å²) in [5, 5.41) is 28.2. The third-order valence-corrected chi connectivity index (χ3v) is 13.4. The van der Waals surface area contributed by atoms with Crippen molar-refractivity contribution in [2.24, 2.45) is 14.1 Å². The maximum Gasteiger partial charge on any atom is 0.401 e. The molecule has 83 heavy (non-hydrogen) atoms. The van der Waals surface area contributed by atoms with Crippen molar-refractivity contribution < 1.29 is 36.6 Å². The fraction of sp³-hybridized carbons (Fsp3) is 0.411. The van der Waals surface area contributed by atoms with Gasteiger partial charge in [-0.1, -0.05) is 76.1 Å². The number of hydrogen-bond acceptors (Lipinski definition) is 19. The normalized spacial score (nSPS) is 15.8. The second-order valence-electron chi connectivity index (χ2n) is 22.8. The number of aryl methyl sites for hydroxylation is 2. The highest BCUT2D eigenvalue weighted by Crippen LogP contribution is 2.34. The number of nitrogens with one attached hydrogen (secondary N) is 4. The van der Waals surface area contributed by atoms with Crippen molar-refractivity contribution in [2.75, 3.05) is 50.9 Å². The molecule has 24 nitrogen and oxygen atoms in total. The Labute approximate surface area is 476 Å². The van der Waals surface area contributed by atoms with E-state index in [0.717, 1.165) is 28.1 Å². The largest absolute Gasteiger partial charge is 0.401 e. The van der Waals surface area contributed by atoms with Crippen LogP contribution in [0.5, 0.6) is 0 Å². The fourth-order valence-corrected chi connectivity index (χ4v) is 9.34. The van der Waals surface area contributed by atoms with Gasteiger partial charge < -0.3 is 40.1 Å². The molecular formula is C56H66F3N19O5. The summed E-state index contributed by atoms with van der Waals surface area (Å²) in [6.45, 7) is 11.8. The van der Waals surface area contributed by atoms with Crippen LogP contribution in [0.4, 0.5) is 36.4 Å². The third kappa shape index (κ3) is 15.1. The molecule has 0 saturated heterocycles. The van der Waals surface area contributed by atoms with Crippen molar-refractivity contribution in [3.05, 3.63) is 131 Å². The second-order valence-corrected chi connectivity index (χ2v) is 22.8. The second kappa shape index (κ2) is 24.2. The van der Waals surface area contributed by atoms with Gasteiger partial charge in [-0.25, -0.2) is 19.9 Å². The minimum atomic E-state index is -4.37. The van der Waals surface area contributed by atoms with Gasteiger partial charge in [0.1, 0.15) is 0 Å². The van der Waals surface area contributed by atoms with Gasteiger partial charge in [0.15, 0.2) is 0 Å². The van der Waals surface area contributed by atoms with Crippen molar-refractivity contribution in [2.45, 2.75) is 96.6 Å². The lowest BCUT2D eigenvalue weighted by Gasteiger charge is -2.23. The van der Waals surface area contributed by atoms with Gasteiger partial charge in [-0.05, 0) is 73.5 Å². The lowest BCUT2D eigenvalue weighted by Crippen LogP contribution is -2.38. The first kappa shape index (κ1) is 58.7. The molecule has 2 atom stereocenters. The van der Waals surface area contributed by atoms with Gasteiger partial charge >= 0.3 is 6.18 Å². The molecule has 0 radical (unpaired) electrons. The molecule has 1 unspecified atom stereocenters. The molecule has 8 heterocycles. The molecule has 0 aliphatic carbocycles. The summed E-state index contributed by atoms with van der Waals surface area (Å²) in [4.78, 5) is 70.8. The number of aromatic nitrogens is 12. The van der Waals surface area contributed by atoms with E-state index in [2.05, 4.69) is 66.7 Å². The number of halogens is 3. The van der Waals surface area contributed by atoms with Crippen molar-refractivity contribution in [3.63, 3.8) is 0 Å². The molecule has 3 amide bonds. The van der Waals surface area contributed by atoms with Gasteiger partial charge in [-0.3, -0.25) is 28.6 Å². The van der Waals surface area contributed by atoms with E-state index in [4.69, 9.17) is 14.0 Å². The molecule has 0 fully saturated rings. The number of anilines is 4. The molecule has 2 aromatic carbocycles. The molecule has 2 aliphatic heterocycles. The summed E-state index contributed by atoms with van der Waals surface area (Å²) in [6, 6.07) is 14.1. The summed E-state index contributed by atoms with van der Waals surface area (Å²) < 4.78 is 54.0. The van der Waals surface area contributed by atoms with E-state index >= 15 is 0 Å². The Morgan fingerprint density at radius 1 is 0.651 bits per heavy atom. The highest BCUT2D eigenvalue weighted by molar-refractivity contribution is 5.91. The zero-order valence-corrected chi connectivity index (χ0v) is 47.8. The van der Waals surface area contributed by atoms with E-state index < -0.39 is 36.0 Å². The van der Waals surface area contributed by atoms with Crippen molar-refractivity contribution in [1.29, 1.82) is 0 Å². The number of carbonyl (C=O) groups excluding carboxylic acids is 3. The number of fused-ring (bicyclic) bond motifs is 2. The minimum Gasteiger partial charge on any atom is -0.342 e. The zero-order valence-electron chi connectivity index (χ0n) is 47.8. The van der Waals surface area contributed by atoms with Crippen LogP contribution < -0.4 is 21.3 Å². The van der Waals surface area contributed by atoms with Crippen LogP contribution in [0.15, 0.2) is 94.8 Å². The first-order valence-electron chi connectivity index (χ1n) is 26.8. The smallest absolute Gasteiger partial charge is 0.342 e. The molecule has 4 N–H and O–H groups in total. The van der Waals surface area contributed by atoms with E-state index in [0.29, 0.717) is 77.8 Å². The predicted molar refractivity (Wildman–Crippen MR) is 299 cm³/mol. The van der Waals surface area contributed by atoms with Crippen LogP contribution in [0.1, 0.15) is 122 Å². The number of alkyl halides is 3. The number of benzene rings is 2. The Morgan fingerprint density at radius 3 is 1.54 bits per heavy atom. The Balaban J connectivity index is 0.000000200.